The first-order chi connectivity index (χ1) is 13.3. The highest BCUT2D eigenvalue weighted by Gasteiger charge is 2.17. The number of hydrogen-bond donors (Lipinski definition) is 2. The second-order valence-electron chi connectivity index (χ2n) is 7.40. The monoisotopic (exact) mass is 361 g/mol. The maximum absolute atomic E-state index is 4.67. The summed E-state index contributed by atoms with van der Waals surface area (Å²) in [4.78, 5) is 19.2. The van der Waals surface area contributed by atoms with Gasteiger partial charge in [-0.3, -0.25) is 0 Å². The van der Waals surface area contributed by atoms with Crippen molar-refractivity contribution in [1.82, 2.24) is 29.2 Å². The molecule has 0 saturated carbocycles. The molecule has 0 atom stereocenters. The van der Waals surface area contributed by atoms with E-state index < -0.39 is 0 Å². The van der Waals surface area contributed by atoms with E-state index >= 15 is 0 Å². The Morgan fingerprint density at radius 1 is 1.22 bits per heavy atom. The lowest BCUT2D eigenvalue weighted by Crippen LogP contribution is -2.33. The third-order valence-electron chi connectivity index (χ3n) is 5.52. The van der Waals surface area contributed by atoms with Gasteiger partial charge in [0.15, 0.2) is 0 Å². The lowest BCUT2D eigenvalue weighted by molar-refractivity contribution is 0.226. The van der Waals surface area contributed by atoms with Crippen LogP contribution in [0, 0.1) is 5.92 Å². The van der Waals surface area contributed by atoms with Crippen LogP contribution in [0.4, 0.5) is 5.95 Å². The molecule has 0 spiro atoms. The van der Waals surface area contributed by atoms with Crippen molar-refractivity contribution in [1.29, 1.82) is 0 Å². The second-order valence-corrected chi connectivity index (χ2v) is 7.40. The number of aromatic amines is 1. The van der Waals surface area contributed by atoms with Gasteiger partial charge in [0.05, 0.1) is 0 Å². The maximum atomic E-state index is 4.67. The van der Waals surface area contributed by atoms with Gasteiger partial charge >= 0.3 is 0 Å². The number of nitrogens with one attached hydrogen (secondary N) is 2. The first-order valence-electron chi connectivity index (χ1n) is 9.46. The minimum atomic E-state index is 0.694. The van der Waals surface area contributed by atoms with Crippen LogP contribution in [0.15, 0.2) is 43.1 Å². The van der Waals surface area contributed by atoms with Crippen LogP contribution in [0.5, 0.6) is 0 Å². The summed E-state index contributed by atoms with van der Waals surface area (Å²) in [6.45, 7) is 3.28. The number of rotatable bonds is 4. The van der Waals surface area contributed by atoms with E-state index in [2.05, 4.69) is 49.5 Å². The zero-order valence-corrected chi connectivity index (χ0v) is 15.4. The van der Waals surface area contributed by atoms with Crippen molar-refractivity contribution < 1.29 is 0 Å². The van der Waals surface area contributed by atoms with E-state index in [1.165, 1.54) is 25.9 Å². The Hall–Kier alpha value is -2.93. The molecule has 0 bridgehead atoms. The smallest absolute Gasteiger partial charge is 0.224 e. The molecule has 0 aliphatic carbocycles. The Morgan fingerprint density at radius 3 is 3.00 bits per heavy atom. The lowest BCUT2D eigenvalue weighted by atomic mass is 9.97. The van der Waals surface area contributed by atoms with E-state index in [-0.39, 0.29) is 0 Å². The fourth-order valence-electron chi connectivity index (χ4n) is 3.81. The van der Waals surface area contributed by atoms with Crippen molar-refractivity contribution in [2.24, 2.45) is 5.92 Å². The first kappa shape index (κ1) is 16.3. The van der Waals surface area contributed by atoms with Crippen molar-refractivity contribution in [3.05, 3.63) is 43.1 Å². The molecular formula is C20H23N7. The molecule has 4 aromatic heterocycles. The van der Waals surface area contributed by atoms with Gasteiger partial charge in [0.1, 0.15) is 11.3 Å². The van der Waals surface area contributed by atoms with Crippen molar-refractivity contribution in [2.75, 3.05) is 32.0 Å². The molecule has 138 valence electrons. The molecule has 1 aliphatic rings. The Balaban J connectivity index is 1.36. The van der Waals surface area contributed by atoms with E-state index in [1.54, 1.807) is 6.20 Å². The van der Waals surface area contributed by atoms with Crippen LogP contribution in [0.2, 0.25) is 0 Å². The van der Waals surface area contributed by atoms with Crippen LogP contribution >= 0.6 is 0 Å². The van der Waals surface area contributed by atoms with E-state index in [1.807, 2.05) is 29.1 Å². The minimum absolute atomic E-state index is 0.694. The molecule has 7 nitrogen and oxygen atoms in total. The van der Waals surface area contributed by atoms with Crippen molar-refractivity contribution in [2.45, 2.75) is 12.8 Å². The average molecular weight is 361 g/mol. The summed E-state index contributed by atoms with van der Waals surface area (Å²) in [5, 5.41) is 4.45. The fourth-order valence-corrected chi connectivity index (χ4v) is 3.81. The van der Waals surface area contributed by atoms with Gasteiger partial charge in [-0.2, -0.15) is 4.98 Å². The lowest BCUT2D eigenvalue weighted by Gasteiger charge is -2.28. The number of imidazole rings is 1. The maximum Gasteiger partial charge on any atom is 0.224 e. The van der Waals surface area contributed by atoms with Gasteiger partial charge in [-0.15, -0.1) is 0 Å². The molecule has 0 aromatic carbocycles. The van der Waals surface area contributed by atoms with E-state index in [4.69, 9.17) is 0 Å². The number of pyridine rings is 1. The summed E-state index contributed by atoms with van der Waals surface area (Å²) in [7, 11) is 2.19. The molecule has 0 unspecified atom stereocenters. The number of piperidine rings is 1. The van der Waals surface area contributed by atoms with Crippen LogP contribution in [-0.2, 0) is 0 Å². The number of anilines is 1. The highest BCUT2D eigenvalue weighted by molar-refractivity contribution is 5.93. The topological polar surface area (TPSA) is 74.1 Å². The van der Waals surface area contributed by atoms with Crippen LogP contribution in [0.1, 0.15) is 12.8 Å². The van der Waals surface area contributed by atoms with Gasteiger partial charge in [-0.25, -0.2) is 9.97 Å². The summed E-state index contributed by atoms with van der Waals surface area (Å²) in [6.07, 6.45) is 12.2. The Bertz CT molecular complexity index is 1070. The quantitative estimate of drug-likeness (QED) is 0.584. The summed E-state index contributed by atoms with van der Waals surface area (Å²) >= 11 is 0. The number of likely N-dealkylation sites (tertiary alicyclic amines) is 1. The molecule has 0 amide bonds. The highest BCUT2D eigenvalue weighted by Crippen LogP contribution is 2.28. The predicted octanol–water partition coefficient (Wildman–Crippen LogP) is 3.03. The van der Waals surface area contributed by atoms with Crippen LogP contribution in [-0.4, -0.2) is 55.9 Å². The Labute approximate surface area is 157 Å². The summed E-state index contributed by atoms with van der Waals surface area (Å²) < 4.78 is 2.02. The van der Waals surface area contributed by atoms with E-state index in [0.717, 1.165) is 34.4 Å². The second kappa shape index (κ2) is 6.66. The summed E-state index contributed by atoms with van der Waals surface area (Å²) in [5.41, 5.74) is 4.01. The number of nitrogens with zero attached hydrogens (tertiary/aromatic N) is 5. The van der Waals surface area contributed by atoms with Gasteiger partial charge in [0.2, 0.25) is 5.95 Å². The molecule has 5 heterocycles. The van der Waals surface area contributed by atoms with E-state index in [9.17, 15) is 0 Å². The molecule has 2 N–H and O–H groups in total. The molecule has 1 fully saturated rings. The largest absolute Gasteiger partial charge is 0.354 e. The molecule has 1 saturated heterocycles. The fraction of sp³-hybridized carbons (Fsp3) is 0.350. The van der Waals surface area contributed by atoms with Crippen molar-refractivity contribution in [3.63, 3.8) is 0 Å². The molecular weight excluding hydrogens is 338 g/mol. The number of aromatic nitrogens is 5. The molecule has 4 aromatic rings. The Morgan fingerprint density at radius 2 is 2.11 bits per heavy atom. The number of H-pyrrole nitrogens is 1. The van der Waals surface area contributed by atoms with Crippen LogP contribution < -0.4 is 5.32 Å². The van der Waals surface area contributed by atoms with Gasteiger partial charge in [-0.1, -0.05) is 0 Å². The van der Waals surface area contributed by atoms with Crippen molar-refractivity contribution >= 4 is 22.6 Å². The molecule has 1 aliphatic heterocycles. The van der Waals surface area contributed by atoms with Gasteiger partial charge in [-0.05, 0) is 51.0 Å². The van der Waals surface area contributed by atoms with Crippen LogP contribution in [0.25, 0.3) is 27.8 Å². The first-order valence-corrected chi connectivity index (χ1v) is 9.46. The average Bonchev–Trinajstić information content (AvgIpc) is 3.33. The van der Waals surface area contributed by atoms with Gasteiger partial charge in [0, 0.05) is 54.0 Å². The van der Waals surface area contributed by atoms with E-state index in [0.29, 0.717) is 11.9 Å². The molecule has 0 radical (unpaired) electrons. The standard InChI is InChI=1S/C20H23N7/c1-26-7-4-14(5-8-26)10-23-20-24-12-17-16(11-22-19(17)25-20)15-2-3-18-21-6-9-27(18)13-15/h2-3,6,9,11-14H,4-5,7-8,10H2,1H3,(H2,22,23,24,25). The predicted molar refractivity (Wildman–Crippen MR) is 107 cm³/mol. The normalized spacial score (nSPS) is 16.3. The third kappa shape index (κ3) is 3.14. The van der Waals surface area contributed by atoms with Gasteiger partial charge in [0.25, 0.3) is 0 Å². The zero-order chi connectivity index (χ0) is 18.2. The van der Waals surface area contributed by atoms with Crippen molar-refractivity contribution in [3.8, 4) is 11.1 Å². The molecule has 7 heteroatoms. The zero-order valence-electron chi connectivity index (χ0n) is 15.4. The molecule has 5 rings (SSSR count). The third-order valence-corrected chi connectivity index (χ3v) is 5.52. The number of hydrogen-bond acceptors (Lipinski definition) is 5. The SMILES string of the molecule is CN1CCC(CNc2ncc3c(-c4ccc5nccn5c4)c[nH]c3n2)CC1. The highest BCUT2D eigenvalue weighted by atomic mass is 15.1. The molecule has 27 heavy (non-hydrogen) atoms. The minimum Gasteiger partial charge on any atom is -0.354 e. The van der Waals surface area contributed by atoms with Crippen LogP contribution in [0.3, 0.4) is 0 Å². The summed E-state index contributed by atoms with van der Waals surface area (Å²) in [5.74, 6) is 1.39. The van der Waals surface area contributed by atoms with Gasteiger partial charge < -0.3 is 19.6 Å². The summed E-state index contributed by atoms with van der Waals surface area (Å²) in [6, 6.07) is 4.10. The number of fused-ring (bicyclic) bond motifs is 2. The Kier molecular flexibility index (Phi) is 4.01.